The molecule has 178 valence electrons. The zero-order chi connectivity index (χ0) is 24.2. The van der Waals surface area contributed by atoms with Crippen LogP contribution in [0.5, 0.6) is 0 Å². The maximum Gasteiger partial charge on any atom is 0.409 e. The number of H-pyrrole nitrogens is 1. The fraction of sp³-hybridized carbons (Fsp3) is 0.389. The highest BCUT2D eigenvalue weighted by atomic mass is 19.4. The topological polar surface area (TPSA) is 118 Å². The Labute approximate surface area is 181 Å². The first-order chi connectivity index (χ1) is 15.4. The van der Waals surface area contributed by atoms with E-state index < -0.39 is 43.6 Å². The maximum absolute atomic E-state index is 12.3. The van der Waals surface area contributed by atoms with Crippen molar-refractivity contribution in [2.45, 2.75) is 44.8 Å². The van der Waals surface area contributed by atoms with Gasteiger partial charge in [0.2, 0.25) is 5.91 Å². The van der Waals surface area contributed by atoms with Crippen LogP contribution in [-0.2, 0) is 24.4 Å². The molecule has 3 aromatic rings. The Morgan fingerprint density at radius 3 is 2.48 bits per heavy atom. The number of amides is 2. The highest BCUT2D eigenvalue weighted by Crippen LogP contribution is 2.21. The number of carbonyl (C=O) groups is 2. The van der Waals surface area contributed by atoms with Gasteiger partial charge in [-0.15, -0.1) is 5.10 Å². The van der Waals surface area contributed by atoms with Crippen molar-refractivity contribution in [3.63, 3.8) is 0 Å². The molecule has 2 amide bonds. The first-order valence-corrected chi connectivity index (χ1v) is 9.44. The Kier molecular flexibility index (Phi) is 6.88. The lowest BCUT2D eigenvalue weighted by atomic mass is 10.2. The Bertz CT molecular complexity index is 1140. The Hall–Kier alpha value is -3.65. The second kappa shape index (κ2) is 9.46. The molecule has 2 aromatic heterocycles. The summed E-state index contributed by atoms with van der Waals surface area (Å²) in [6.07, 6.45) is -9.88. The van der Waals surface area contributed by atoms with Crippen LogP contribution < -0.4 is 10.6 Å². The molecule has 3 N–H and O–H groups in total. The van der Waals surface area contributed by atoms with Crippen LogP contribution in [0, 0.1) is 0 Å². The van der Waals surface area contributed by atoms with Gasteiger partial charge in [-0.25, -0.2) is 4.98 Å². The van der Waals surface area contributed by atoms with Crippen molar-refractivity contribution >= 4 is 22.8 Å². The molecule has 0 saturated heterocycles. The smallest absolute Gasteiger partial charge is 0.352 e. The lowest BCUT2D eigenvalue weighted by molar-refractivity contribution is -0.145. The number of aromatic nitrogens is 5. The van der Waals surface area contributed by atoms with Crippen molar-refractivity contribution in [3.8, 4) is 0 Å². The summed E-state index contributed by atoms with van der Waals surface area (Å²) in [5.41, 5.74) is 1.40. The van der Waals surface area contributed by atoms with Gasteiger partial charge < -0.3 is 15.6 Å². The zero-order valence-electron chi connectivity index (χ0n) is 16.7. The number of carbonyl (C=O) groups excluding carboxylic acids is 2. The number of alkyl halides is 6. The van der Waals surface area contributed by atoms with Gasteiger partial charge in [0.05, 0.1) is 30.2 Å². The number of aromatic amines is 1. The van der Waals surface area contributed by atoms with Gasteiger partial charge in [0.1, 0.15) is 5.82 Å². The molecule has 0 atom stereocenters. The van der Waals surface area contributed by atoms with E-state index in [1.165, 1.54) is 0 Å². The van der Waals surface area contributed by atoms with Crippen molar-refractivity contribution in [2.75, 3.05) is 0 Å². The number of hydrogen-bond acceptors (Lipinski definition) is 5. The van der Waals surface area contributed by atoms with E-state index >= 15 is 0 Å². The van der Waals surface area contributed by atoms with Crippen LogP contribution in [0.1, 0.15) is 34.7 Å². The second-order valence-electron chi connectivity index (χ2n) is 6.98. The molecule has 0 aliphatic carbocycles. The number of nitrogens with one attached hydrogen (secondary N) is 3. The predicted molar refractivity (Wildman–Crippen MR) is 100 cm³/mol. The molecule has 9 nitrogen and oxygen atoms in total. The molecule has 0 radical (unpaired) electrons. The van der Waals surface area contributed by atoms with Crippen LogP contribution in [0.4, 0.5) is 26.3 Å². The third kappa shape index (κ3) is 7.47. The molecule has 0 saturated carbocycles. The van der Waals surface area contributed by atoms with Crippen LogP contribution in [0.3, 0.4) is 0 Å². The minimum Gasteiger partial charge on any atom is -0.352 e. The summed E-state index contributed by atoms with van der Waals surface area (Å²) >= 11 is 0. The van der Waals surface area contributed by atoms with Gasteiger partial charge in [0, 0.05) is 13.0 Å². The van der Waals surface area contributed by atoms with Crippen molar-refractivity contribution < 1.29 is 35.9 Å². The normalized spacial score (nSPS) is 12.2. The molecule has 0 unspecified atom stereocenters. The van der Waals surface area contributed by atoms with Gasteiger partial charge in [0.25, 0.3) is 5.91 Å². The highest BCUT2D eigenvalue weighted by molar-refractivity contribution is 5.91. The number of imidazole rings is 1. The number of nitrogens with zero attached hydrogens (tertiary/aromatic N) is 4. The molecule has 2 heterocycles. The predicted octanol–water partition coefficient (Wildman–Crippen LogP) is 2.61. The average Bonchev–Trinajstić information content (AvgIpc) is 3.33. The van der Waals surface area contributed by atoms with Crippen LogP contribution in [0.15, 0.2) is 24.4 Å². The van der Waals surface area contributed by atoms with E-state index in [2.05, 4.69) is 30.8 Å². The van der Waals surface area contributed by atoms with Crippen LogP contribution in [-0.4, -0.2) is 49.1 Å². The summed E-state index contributed by atoms with van der Waals surface area (Å²) in [6.45, 7) is -1.48. The summed E-state index contributed by atoms with van der Waals surface area (Å²) in [5.74, 6) is -1.13. The van der Waals surface area contributed by atoms with Crippen molar-refractivity contribution in [1.82, 2.24) is 35.6 Å². The molecule has 1 aromatic carbocycles. The van der Waals surface area contributed by atoms with Crippen molar-refractivity contribution in [2.24, 2.45) is 0 Å². The summed E-state index contributed by atoms with van der Waals surface area (Å²) in [4.78, 5) is 31.1. The van der Waals surface area contributed by atoms with E-state index in [1.807, 2.05) is 0 Å². The summed E-state index contributed by atoms with van der Waals surface area (Å²) < 4.78 is 73.5. The third-order valence-corrected chi connectivity index (χ3v) is 4.23. The molecular weight excluding hydrogens is 460 g/mol. The molecule has 33 heavy (non-hydrogen) atoms. The van der Waals surface area contributed by atoms with Gasteiger partial charge in [0.15, 0.2) is 12.2 Å². The summed E-state index contributed by atoms with van der Waals surface area (Å²) in [7, 11) is 0. The molecule has 15 heteroatoms. The number of rotatable bonds is 8. The molecule has 0 spiro atoms. The fourth-order valence-corrected chi connectivity index (χ4v) is 2.74. The minimum absolute atomic E-state index is 0.0192. The van der Waals surface area contributed by atoms with E-state index in [0.717, 1.165) is 6.20 Å². The monoisotopic (exact) mass is 477 g/mol. The second-order valence-corrected chi connectivity index (χ2v) is 6.98. The Morgan fingerprint density at radius 1 is 1.03 bits per heavy atom. The standard InChI is InChI=1S/C18H17F6N7O2/c19-17(20,21)4-3-15(32)25-6-10-1-2-11-12(5-10)29-14(28-11)8-26-16(33)13-7-27-31(30-13)9-18(22,23)24/h1-2,5,7H,3-4,6,8-9H2,(H,25,32)(H,26,33)(H,28,29). The number of benzene rings is 1. The number of halogens is 6. The molecule has 0 bridgehead atoms. The number of hydrogen-bond donors (Lipinski definition) is 3. The van der Waals surface area contributed by atoms with E-state index in [1.54, 1.807) is 18.2 Å². The SMILES string of the molecule is O=C(CCC(F)(F)F)NCc1ccc2nc(CNC(=O)c3cnn(CC(F)(F)F)n3)[nH]c2c1. The minimum atomic E-state index is -4.52. The first-order valence-electron chi connectivity index (χ1n) is 9.44. The molecular formula is C18H17F6N7O2. The molecule has 0 fully saturated rings. The van der Waals surface area contributed by atoms with E-state index in [4.69, 9.17) is 0 Å². The van der Waals surface area contributed by atoms with Crippen molar-refractivity contribution in [1.29, 1.82) is 0 Å². The number of fused-ring (bicyclic) bond motifs is 1. The molecule has 0 aliphatic heterocycles. The van der Waals surface area contributed by atoms with Gasteiger partial charge in [-0.1, -0.05) is 6.07 Å². The van der Waals surface area contributed by atoms with Gasteiger partial charge in [-0.3, -0.25) is 9.59 Å². The Balaban J connectivity index is 1.54. The van der Waals surface area contributed by atoms with Crippen LogP contribution in [0.25, 0.3) is 11.0 Å². The summed E-state index contributed by atoms with van der Waals surface area (Å²) in [6, 6.07) is 4.89. The van der Waals surface area contributed by atoms with E-state index in [0.29, 0.717) is 27.2 Å². The largest absolute Gasteiger partial charge is 0.409 e. The quantitative estimate of drug-likeness (QED) is 0.431. The van der Waals surface area contributed by atoms with E-state index in [-0.39, 0.29) is 18.8 Å². The van der Waals surface area contributed by atoms with Gasteiger partial charge >= 0.3 is 12.4 Å². The van der Waals surface area contributed by atoms with Crippen molar-refractivity contribution in [3.05, 3.63) is 41.5 Å². The summed E-state index contributed by atoms with van der Waals surface area (Å²) in [5, 5.41) is 11.7. The Morgan fingerprint density at radius 2 is 1.79 bits per heavy atom. The van der Waals surface area contributed by atoms with E-state index in [9.17, 15) is 35.9 Å². The fourth-order valence-electron chi connectivity index (χ4n) is 2.74. The maximum atomic E-state index is 12.3. The van der Waals surface area contributed by atoms with Crippen LogP contribution >= 0.6 is 0 Å². The molecule has 0 aliphatic rings. The van der Waals surface area contributed by atoms with Gasteiger partial charge in [-0.2, -0.15) is 36.2 Å². The lowest BCUT2D eigenvalue weighted by Crippen LogP contribution is -2.25. The van der Waals surface area contributed by atoms with Gasteiger partial charge in [-0.05, 0) is 17.7 Å². The molecule has 3 rings (SSSR count). The third-order valence-electron chi connectivity index (χ3n) is 4.23. The van der Waals surface area contributed by atoms with Crippen LogP contribution in [0.2, 0.25) is 0 Å². The highest BCUT2D eigenvalue weighted by Gasteiger charge is 2.30. The zero-order valence-corrected chi connectivity index (χ0v) is 16.7. The average molecular weight is 477 g/mol. The lowest BCUT2D eigenvalue weighted by Gasteiger charge is -2.07. The first kappa shape index (κ1) is 24.0.